The normalized spacial score (nSPS) is 27.3. The summed E-state index contributed by atoms with van der Waals surface area (Å²) < 4.78 is 0. The predicted octanol–water partition coefficient (Wildman–Crippen LogP) is 1.29. The van der Waals surface area contributed by atoms with Crippen LogP contribution in [0.1, 0.15) is 40.0 Å². The highest BCUT2D eigenvalue weighted by Gasteiger charge is 2.35. The van der Waals surface area contributed by atoms with E-state index in [-0.39, 0.29) is 17.4 Å². The SMILES string of the molecule is CNC(C)C(=O)NC1CCCC1(C)C. The molecule has 0 radical (unpaired) electrons. The van der Waals surface area contributed by atoms with Crippen molar-refractivity contribution in [3.05, 3.63) is 0 Å². The van der Waals surface area contributed by atoms with Gasteiger partial charge in [0.25, 0.3) is 0 Å². The molecule has 82 valence electrons. The third kappa shape index (κ3) is 2.47. The monoisotopic (exact) mass is 198 g/mol. The highest BCUT2D eigenvalue weighted by Crippen LogP contribution is 2.37. The fourth-order valence-electron chi connectivity index (χ4n) is 2.02. The highest BCUT2D eigenvalue weighted by molar-refractivity contribution is 5.81. The Hall–Kier alpha value is -0.570. The van der Waals surface area contributed by atoms with E-state index in [2.05, 4.69) is 24.5 Å². The van der Waals surface area contributed by atoms with Crippen LogP contribution in [-0.2, 0) is 4.79 Å². The summed E-state index contributed by atoms with van der Waals surface area (Å²) in [7, 11) is 1.81. The molecule has 14 heavy (non-hydrogen) atoms. The summed E-state index contributed by atoms with van der Waals surface area (Å²) in [5.74, 6) is 0.118. The molecule has 2 atom stereocenters. The van der Waals surface area contributed by atoms with Gasteiger partial charge in [0.2, 0.25) is 5.91 Å². The lowest BCUT2D eigenvalue weighted by Crippen LogP contribution is -2.48. The number of amides is 1. The minimum Gasteiger partial charge on any atom is -0.351 e. The molecule has 1 aliphatic rings. The third-order valence-electron chi connectivity index (χ3n) is 3.40. The van der Waals surface area contributed by atoms with Crippen molar-refractivity contribution in [2.45, 2.75) is 52.1 Å². The Morgan fingerprint density at radius 1 is 1.50 bits per heavy atom. The Labute approximate surface area is 86.6 Å². The summed E-state index contributed by atoms with van der Waals surface area (Å²) in [6.45, 7) is 6.35. The van der Waals surface area contributed by atoms with Crippen molar-refractivity contribution in [3.63, 3.8) is 0 Å². The van der Waals surface area contributed by atoms with Crippen molar-refractivity contribution >= 4 is 5.91 Å². The lowest BCUT2D eigenvalue weighted by atomic mass is 9.87. The largest absolute Gasteiger partial charge is 0.351 e. The smallest absolute Gasteiger partial charge is 0.237 e. The van der Waals surface area contributed by atoms with Crippen LogP contribution in [0.4, 0.5) is 0 Å². The van der Waals surface area contributed by atoms with Gasteiger partial charge in [0, 0.05) is 6.04 Å². The van der Waals surface area contributed by atoms with Gasteiger partial charge >= 0.3 is 0 Å². The van der Waals surface area contributed by atoms with Crippen LogP contribution in [0, 0.1) is 5.41 Å². The topological polar surface area (TPSA) is 41.1 Å². The molecule has 0 aromatic rings. The molecule has 3 nitrogen and oxygen atoms in total. The van der Waals surface area contributed by atoms with Crippen LogP contribution in [0.3, 0.4) is 0 Å². The fourth-order valence-corrected chi connectivity index (χ4v) is 2.02. The Kier molecular flexibility index (Phi) is 3.53. The first-order valence-electron chi connectivity index (χ1n) is 5.45. The van der Waals surface area contributed by atoms with Gasteiger partial charge in [0.05, 0.1) is 6.04 Å². The quantitative estimate of drug-likeness (QED) is 0.717. The summed E-state index contributed by atoms with van der Waals surface area (Å²) >= 11 is 0. The Bertz CT molecular complexity index is 213. The van der Waals surface area contributed by atoms with E-state index in [1.54, 1.807) is 0 Å². The molecule has 0 saturated heterocycles. The van der Waals surface area contributed by atoms with Gasteiger partial charge in [-0.2, -0.15) is 0 Å². The maximum atomic E-state index is 11.6. The fraction of sp³-hybridized carbons (Fsp3) is 0.909. The molecule has 3 heteroatoms. The molecule has 1 rings (SSSR count). The average molecular weight is 198 g/mol. The van der Waals surface area contributed by atoms with E-state index < -0.39 is 0 Å². The zero-order chi connectivity index (χ0) is 10.8. The van der Waals surface area contributed by atoms with Gasteiger partial charge in [0.1, 0.15) is 0 Å². The summed E-state index contributed by atoms with van der Waals surface area (Å²) in [6.07, 6.45) is 3.56. The lowest BCUT2D eigenvalue weighted by molar-refractivity contribution is -0.123. The van der Waals surface area contributed by atoms with Gasteiger partial charge in [-0.15, -0.1) is 0 Å². The van der Waals surface area contributed by atoms with Crippen LogP contribution in [-0.4, -0.2) is 25.0 Å². The summed E-state index contributed by atoms with van der Waals surface area (Å²) in [5.41, 5.74) is 0.267. The van der Waals surface area contributed by atoms with Crippen molar-refractivity contribution in [3.8, 4) is 0 Å². The van der Waals surface area contributed by atoms with Crippen molar-refractivity contribution in [2.24, 2.45) is 5.41 Å². The molecule has 0 heterocycles. The van der Waals surface area contributed by atoms with Crippen LogP contribution < -0.4 is 10.6 Å². The molecule has 0 aromatic carbocycles. The zero-order valence-corrected chi connectivity index (χ0v) is 9.68. The second-order valence-electron chi connectivity index (χ2n) is 4.95. The summed E-state index contributed by atoms with van der Waals surface area (Å²) in [4.78, 5) is 11.6. The highest BCUT2D eigenvalue weighted by atomic mass is 16.2. The number of hydrogen-bond donors (Lipinski definition) is 2. The molecule has 1 saturated carbocycles. The van der Waals surface area contributed by atoms with Gasteiger partial charge < -0.3 is 10.6 Å². The van der Waals surface area contributed by atoms with E-state index in [1.807, 2.05) is 14.0 Å². The maximum Gasteiger partial charge on any atom is 0.237 e. The first-order chi connectivity index (χ1) is 6.47. The number of hydrogen-bond acceptors (Lipinski definition) is 2. The first kappa shape index (κ1) is 11.5. The Morgan fingerprint density at radius 3 is 2.57 bits per heavy atom. The number of rotatable bonds is 3. The van der Waals surface area contributed by atoms with Crippen LogP contribution in [0.15, 0.2) is 0 Å². The van der Waals surface area contributed by atoms with E-state index in [4.69, 9.17) is 0 Å². The molecule has 2 unspecified atom stereocenters. The minimum atomic E-state index is -0.0913. The molecule has 1 fully saturated rings. The molecule has 0 spiro atoms. The van der Waals surface area contributed by atoms with Crippen LogP contribution in [0.25, 0.3) is 0 Å². The number of carbonyl (C=O) groups excluding carboxylic acids is 1. The molecule has 0 aromatic heterocycles. The molecular weight excluding hydrogens is 176 g/mol. The standard InChI is InChI=1S/C11H22N2O/c1-8(12-4)10(14)13-9-6-5-7-11(9,2)3/h8-9,12H,5-7H2,1-4H3,(H,13,14). The molecule has 1 amide bonds. The molecule has 0 aliphatic heterocycles. The minimum absolute atomic E-state index is 0.0913. The second-order valence-corrected chi connectivity index (χ2v) is 4.95. The number of nitrogens with one attached hydrogen (secondary N) is 2. The zero-order valence-electron chi connectivity index (χ0n) is 9.68. The van der Waals surface area contributed by atoms with Crippen molar-refractivity contribution in [1.82, 2.24) is 10.6 Å². The van der Waals surface area contributed by atoms with E-state index in [9.17, 15) is 4.79 Å². The third-order valence-corrected chi connectivity index (χ3v) is 3.40. The average Bonchev–Trinajstić information content (AvgIpc) is 2.44. The van der Waals surface area contributed by atoms with Gasteiger partial charge in [-0.25, -0.2) is 0 Å². The van der Waals surface area contributed by atoms with Crippen molar-refractivity contribution in [2.75, 3.05) is 7.05 Å². The van der Waals surface area contributed by atoms with Gasteiger partial charge in [-0.05, 0) is 32.2 Å². The van der Waals surface area contributed by atoms with E-state index in [0.29, 0.717) is 6.04 Å². The summed E-state index contributed by atoms with van der Waals surface area (Å²) in [6, 6.07) is 0.261. The second kappa shape index (κ2) is 4.30. The lowest BCUT2D eigenvalue weighted by Gasteiger charge is -2.28. The van der Waals surface area contributed by atoms with Crippen LogP contribution >= 0.6 is 0 Å². The summed E-state index contributed by atoms with van der Waals surface area (Å²) in [5, 5.41) is 6.07. The van der Waals surface area contributed by atoms with Gasteiger partial charge in [-0.1, -0.05) is 20.3 Å². The van der Waals surface area contributed by atoms with Crippen molar-refractivity contribution in [1.29, 1.82) is 0 Å². The van der Waals surface area contributed by atoms with E-state index >= 15 is 0 Å². The van der Waals surface area contributed by atoms with E-state index in [0.717, 1.165) is 6.42 Å². The van der Waals surface area contributed by atoms with Gasteiger partial charge in [-0.3, -0.25) is 4.79 Å². The Balaban J connectivity index is 2.48. The van der Waals surface area contributed by atoms with Gasteiger partial charge in [0.15, 0.2) is 0 Å². The van der Waals surface area contributed by atoms with Crippen LogP contribution in [0.2, 0.25) is 0 Å². The molecule has 0 bridgehead atoms. The molecule has 1 aliphatic carbocycles. The maximum absolute atomic E-state index is 11.6. The first-order valence-corrected chi connectivity index (χ1v) is 5.45. The predicted molar refractivity (Wildman–Crippen MR) is 58.1 cm³/mol. The Morgan fingerprint density at radius 2 is 2.14 bits per heavy atom. The number of likely N-dealkylation sites (N-methyl/N-ethyl adjacent to an activating group) is 1. The number of carbonyl (C=O) groups is 1. The van der Waals surface area contributed by atoms with E-state index in [1.165, 1.54) is 12.8 Å². The molecule has 2 N–H and O–H groups in total. The van der Waals surface area contributed by atoms with Crippen LogP contribution in [0.5, 0.6) is 0 Å². The van der Waals surface area contributed by atoms with Crippen molar-refractivity contribution < 1.29 is 4.79 Å². The molecular formula is C11H22N2O.